The molecule has 1 unspecified atom stereocenters. The number of fused-ring (bicyclic) bond motifs is 1. The number of halogens is 3. The summed E-state index contributed by atoms with van der Waals surface area (Å²) < 4.78 is 2.84. The van der Waals surface area contributed by atoms with E-state index in [9.17, 15) is 0 Å². The maximum Gasteiger partial charge on any atom is 0.164 e. The molecular formula is C6H3ClI2N3P. The Bertz CT molecular complexity index is 458. The second kappa shape index (κ2) is 4.12. The molecule has 0 spiro atoms. The van der Waals surface area contributed by atoms with Crippen molar-refractivity contribution in [2.75, 3.05) is 0 Å². The number of aromatic nitrogens is 3. The number of nitrogens with zero attached hydrogens (tertiary/aromatic N) is 3. The van der Waals surface area contributed by atoms with Crippen molar-refractivity contribution in [2.45, 2.75) is 0 Å². The molecule has 0 radical (unpaired) electrons. The van der Waals surface area contributed by atoms with Gasteiger partial charge in [-0.15, -0.1) is 0 Å². The molecule has 2 aromatic rings. The third kappa shape index (κ3) is 1.93. The van der Waals surface area contributed by atoms with Crippen molar-refractivity contribution in [1.29, 1.82) is 0 Å². The highest BCUT2D eigenvalue weighted by molar-refractivity contribution is 14.2. The summed E-state index contributed by atoms with van der Waals surface area (Å²) in [6, 6.07) is 3.74. The molecule has 0 N–H and O–H groups in total. The maximum absolute atomic E-state index is 5.80. The van der Waals surface area contributed by atoms with Crippen LogP contribution in [0.4, 0.5) is 0 Å². The molecule has 0 saturated carbocycles. The van der Waals surface area contributed by atoms with E-state index in [2.05, 4.69) is 54.7 Å². The molecule has 0 aliphatic heterocycles. The van der Waals surface area contributed by atoms with Gasteiger partial charge in [-0.25, -0.2) is 9.44 Å². The molecule has 0 aliphatic rings. The third-order valence-corrected chi connectivity index (χ3v) is 4.38. The summed E-state index contributed by atoms with van der Waals surface area (Å²) in [5.74, 6) is 0. The van der Waals surface area contributed by atoms with E-state index in [4.69, 9.17) is 11.6 Å². The molecule has 0 bridgehead atoms. The highest BCUT2D eigenvalue weighted by atomic mass is 127. The van der Waals surface area contributed by atoms with Crippen molar-refractivity contribution in [2.24, 2.45) is 0 Å². The Labute approximate surface area is 108 Å². The molecule has 0 aromatic carbocycles. The van der Waals surface area contributed by atoms with Gasteiger partial charge in [0, 0.05) is 0 Å². The Morgan fingerprint density at radius 3 is 2.92 bits per heavy atom. The molecule has 68 valence electrons. The van der Waals surface area contributed by atoms with Crippen molar-refractivity contribution in [3.8, 4) is 0 Å². The minimum Gasteiger partial charge on any atom is -0.218 e. The molecule has 0 saturated heterocycles. The van der Waals surface area contributed by atoms with Gasteiger partial charge in [0.1, 0.15) is 8.85 Å². The average Bonchev–Trinajstić information content (AvgIpc) is 2.42. The molecule has 0 fully saturated rings. The summed E-state index contributed by atoms with van der Waals surface area (Å²) >= 11 is 10.3. The van der Waals surface area contributed by atoms with Gasteiger partial charge < -0.3 is 0 Å². The Morgan fingerprint density at radius 2 is 2.23 bits per heavy atom. The van der Waals surface area contributed by atoms with Crippen LogP contribution in [-0.2, 0) is 0 Å². The molecule has 2 heterocycles. The minimum atomic E-state index is 0.514. The first-order valence-corrected chi connectivity index (χ1v) is 8.81. The summed E-state index contributed by atoms with van der Waals surface area (Å²) in [5, 5.41) is 5.91. The lowest BCUT2D eigenvalue weighted by atomic mass is 10.4. The topological polar surface area (TPSA) is 30.7 Å². The van der Waals surface area contributed by atoms with E-state index in [0.29, 0.717) is 11.5 Å². The Kier molecular flexibility index (Phi) is 3.27. The van der Waals surface area contributed by atoms with Crippen molar-refractivity contribution in [3.63, 3.8) is 0 Å². The first kappa shape index (κ1) is 10.3. The van der Waals surface area contributed by atoms with Crippen LogP contribution in [-0.4, -0.2) is 14.5 Å². The molecule has 13 heavy (non-hydrogen) atoms. The largest absolute Gasteiger partial charge is 0.218 e. The lowest BCUT2D eigenvalue weighted by molar-refractivity contribution is 1.00. The SMILES string of the molecule is Clc1ccc2c(I)nn(PI)c2n1. The minimum absolute atomic E-state index is 0.514. The predicted octanol–water partition coefficient (Wildman–Crippen LogP) is 3.48. The van der Waals surface area contributed by atoms with Gasteiger partial charge in [-0.1, -0.05) is 11.6 Å². The predicted molar refractivity (Wildman–Crippen MR) is 73.0 cm³/mol. The molecule has 2 rings (SSSR count). The average molecular weight is 437 g/mol. The maximum atomic E-state index is 5.80. The van der Waals surface area contributed by atoms with Crippen LogP contribution >= 0.6 is 62.6 Å². The first-order chi connectivity index (χ1) is 6.22. The van der Waals surface area contributed by atoms with Gasteiger partial charge in [0.15, 0.2) is 5.65 Å². The van der Waals surface area contributed by atoms with Crippen molar-refractivity contribution >= 4 is 73.6 Å². The second-order valence-corrected chi connectivity index (χ2v) is 5.74. The number of hydrogen-bond acceptors (Lipinski definition) is 2. The fourth-order valence-electron chi connectivity index (χ4n) is 0.996. The summed E-state index contributed by atoms with van der Waals surface area (Å²) in [5.41, 5.74) is 0.865. The van der Waals surface area contributed by atoms with E-state index in [1.807, 2.05) is 10.5 Å². The van der Waals surface area contributed by atoms with Gasteiger partial charge in [-0.3, -0.25) is 0 Å². The monoisotopic (exact) mass is 437 g/mol. The van der Waals surface area contributed by atoms with E-state index in [-0.39, 0.29) is 0 Å². The van der Waals surface area contributed by atoms with Crippen molar-refractivity contribution in [1.82, 2.24) is 14.5 Å². The van der Waals surface area contributed by atoms with Gasteiger partial charge >= 0.3 is 0 Å². The van der Waals surface area contributed by atoms with E-state index >= 15 is 0 Å². The van der Waals surface area contributed by atoms with Gasteiger partial charge in [0.25, 0.3) is 0 Å². The van der Waals surface area contributed by atoms with E-state index in [0.717, 1.165) is 14.7 Å². The normalized spacial score (nSPS) is 11.9. The molecule has 7 heteroatoms. The third-order valence-electron chi connectivity index (χ3n) is 1.53. The number of rotatable bonds is 1. The van der Waals surface area contributed by atoms with Crippen LogP contribution in [0.1, 0.15) is 0 Å². The second-order valence-electron chi connectivity index (χ2n) is 2.29. The Balaban J connectivity index is 2.81. The van der Waals surface area contributed by atoms with Gasteiger partial charge in [0.2, 0.25) is 0 Å². The zero-order valence-electron chi connectivity index (χ0n) is 6.13. The molecule has 2 aromatic heterocycles. The Hall–Kier alpha value is 0.800. The van der Waals surface area contributed by atoms with E-state index < -0.39 is 0 Å². The fraction of sp³-hybridized carbons (Fsp3) is 0. The van der Waals surface area contributed by atoms with E-state index in [1.54, 1.807) is 6.07 Å². The van der Waals surface area contributed by atoms with Crippen LogP contribution in [0.25, 0.3) is 11.0 Å². The molecule has 0 amide bonds. The van der Waals surface area contributed by atoms with Crippen LogP contribution in [0.2, 0.25) is 5.15 Å². The van der Waals surface area contributed by atoms with Crippen LogP contribution in [0, 0.1) is 3.70 Å². The molecule has 3 nitrogen and oxygen atoms in total. The summed E-state index contributed by atoms with van der Waals surface area (Å²) in [4.78, 5) is 4.23. The van der Waals surface area contributed by atoms with Crippen molar-refractivity contribution in [3.05, 3.63) is 21.0 Å². The quantitative estimate of drug-likeness (QED) is 0.389. The lowest BCUT2D eigenvalue weighted by Crippen LogP contribution is -1.85. The summed E-state index contributed by atoms with van der Waals surface area (Å²) in [6.45, 7) is 0. The number of pyridine rings is 1. The first-order valence-electron chi connectivity index (χ1n) is 3.30. The molecule has 1 atom stereocenters. The highest BCUT2D eigenvalue weighted by Gasteiger charge is 2.08. The van der Waals surface area contributed by atoms with Gasteiger partial charge in [0.05, 0.1) is 11.8 Å². The van der Waals surface area contributed by atoms with Gasteiger partial charge in [-0.2, -0.15) is 5.10 Å². The van der Waals surface area contributed by atoms with Crippen molar-refractivity contribution < 1.29 is 0 Å². The summed E-state index contributed by atoms with van der Waals surface area (Å²) in [7, 11) is 0. The van der Waals surface area contributed by atoms with Gasteiger partial charge in [-0.05, 0) is 56.8 Å². The zero-order valence-corrected chi connectivity index (χ0v) is 12.2. The van der Waals surface area contributed by atoms with Crippen LogP contribution in [0.5, 0.6) is 0 Å². The lowest BCUT2D eigenvalue weighted by Gasteiger charge is -1.94. The van der Waals surface area contributed by atoms with Crippen LogP contribution in [0.15, 0.2) is 12.1 Å². The standard InChI is InChI=1S/C6H3ClI2N3P/c7-4-2-1-3-5(8)11-12(13-9)6(3)10-4/h1-2,13H. The summed E-state index contributed by atoms with van der Waals surface area (Å²) in [6.07, 6.45) is 0.551. The molecular weight excluding hydrogens is 434 g/mol. The fourth-order valence-corrected chi connectivity index (χ4v) is 3.38. The molecule has 0 aliphatic carbocycles. The zero-order chi connectivity index (χ0) is 9.42. The van der Waals surface area contributed by atoms with Crippen LogP contribution < -0.4 is 0 Å². The Morgan fingerprint density at radius 1 is 1.46 bits per heavy atom. The highest BCUT2D eigenvalue weighted by Crippen LogP contribution is 2.30. The smallest absolute Gasteiger partial charge is 0.164 e. The number of hydrogen-bond donors (Lipinski definition) is 0. The van der Waals surface area contributed by atoms with Crippen LogP contribution in [0.3, 0.4) is 0 Å². The van der Waals surface area contributed by atoms with E-state index in [1.165, 1.54) is 0 Å².